The summed E-state index contributed by atoms with van der Waals surface area (Å²) in [5.74, 6) is 0. The Morgan fingerprint density at radius 1 is 1.25 bits per heavy atom. The normalized spacial score (nSPS) is 10.1. The van der Waals surface area contributed by atoms with E-state index in [-0.39, 0.29) is 0 Å². The van der Waals surface area contributed by atoms with Crippen LogP contribution in [0.15, 0.2) is 36.8 Å². The summed E-state index contributed by atoms with van der Waals surface area (Å²) >= 11 is 0. The Morgan fingerprint density at radius 3 is 2.75 bits per heavy atom. The molecule has 0 bridgehead atoms. The molecule has 1 radical (unpaired) electrons. The Hall–Kier alpha value is -1.57. The van der Waals surface area contributed by atoms with Crippen molar-refractivity contribution in [3.63, 3.8) is 0 Å². The number of aromatic nitrogens is 2. The van der Waals surface area contributed by atoms with Crippen LogP contribution in [-0.2, 0) is 0 Å². The molecular formula is C10H9N2. The molecule has 0 saturated carbocycles. The van der Waals surface area contributed by atoms with Crippen LogP contribution in [0.1, 0.15) is 5.56 Å². The first-order valence-corrected chi connectivity index (χ1v) is 3.78. The molecule has 0 fully saturated rings. The van der Waals surface area contributed by atoms with Crippen LogP contribution >= 0.6 is 0 Å². The van der Waals surface area contributed by atoms with Gasteiger partial charge in [-0.3, -0.25) is 0 Å². The van der Waals surface area contributed by atoms with E-state index in [1.807, 2.05) is 30.5 Å². The number of hydrogen-bond acceptors (Lipinski definition) is 1. The Bertz CT molecular complexity index is 363. The van der Waals surface area contributed by atoms with Crippen molar-refractivity contribution in [3.05, 3.63) is 49.3 Å². The minimum atomic E-state index is 0.945. The summed E-state index contributed by atoms with van der Waals surface area (Å²) in [6, 6.07) is 7.94. The second-order valence-corrected chi connectivity index (χ2v) is 2.61. The Labute approximate surface area is 71.3 Å². The summed E-state index contributed by atoms with van der Waals surface area (Å²) < 4.78 is 0. The van der Waals surface area contributed by atoms with Crippen molar-refractivity contribution in [2.45, 2.75) is 0 Å². The van der Waals surface area contributed by atoms with Gasteiger partial charge in [-0.2, -0.15) is 0 Å². The van der Waals surface area contributed by atoms with Gasteiger partial charge in [0.05, 0.1) is 12.0 Å². The van der Waals surface area contributed by atoms with Crippen LogP contribution in [0.4, 0.5) is 0 Å². The number of benzene rings is 1. The highest BCUT2D eigenvalue weighted by atomic mass is 14.9. The van der Waals surface area contributed by atoms with Gasteiger partial charge in [0, 0.05) is 11.8 Å². The van der Waals surface area contributed by atoms with Gasteiger partial charge in [-0.25, -0.2) is 4.98 Å². The number of hydrogen-bond donors (Lipinski definition) is 1. The molecule has 12 heavy (non-hydrogen) atoms. The number of H-pyrrole nitrogens is 1. The minimum absolute atomic E-state index is 0.945. The smallest absolute Gasteiger partial charge is 0.0927 e. The molecule has 2 heteroatoms. The Balaban J connectivity index is 2.55. The maximum atomic E-state index is 4.15. The summed E-state index contributed by atoms with van der Waals surface area (Å²) in [5, 5.41) is 0. The van der Waals surface area contributed by atoms with Gasteiger partial charge in [-0.15, -0.1) is 0 Å². The van der Waals surface area contributed by atoms with E-state index in [1.165, 1.54) is 0 Å². The number of nitrogens with zero attached hydrogens (tertiary/aromatic N) is 1. The van der Waals surface area contributed by atoms with Crippen molar-refractivity contribution in [2.24, 2.45) is 0 Å². The van der Waals surface area contributed by atoms with E-state index in [0.717, 1.165) is 16.8 Å². The molecule has 59 valence electrons. The summed E-state index contributed by atoms with van der Waals surface area (Å²) in [6.07, 6.45) is 3.53. The van der Waals surface area contributed by atoms with Crippen molar-refractivity contribution >= 4 is 0 Å². The molecule has 1 N–H and O–H groups in total. The van der Waals surface area contributed by atoms with Crippen molar-refractivity contribution in [2.75, 3.05) is 0 Å². The van der Waals surface area contributed by atoms with Gasteiger partial charge in [0.25, 0.3) is 0 Å². The molecular weight excluding hydrogens is 148 g/mol. The monoisotopic (exact) mass is 157 g/mol. The number of rotatable bonds is 1. The average molecular weight is 157 g/mol. The molecule has 1 aromatic heterocycles. The molecule has 0 unspecified atom stereocenters. The van der Waals surface area contributed by atoms with E-state index < -0.39 is 0 Å². The Kier molecular flexibility index (Phi) is 1.67. The average Bonchev–Trinajstić information content (AvgIpc) is 2.57. The van der Waals surface area contributed by atoms with E-state index >= 15 is 0 Å². The zero-order chi connectivity index (χ0) is 8.39. The molecule has 0 aliphatic rings. The van der Waals surface area contributed by atoms with Crippen LogP contribution in [0, 0.1) is 6.92 Å². The van der Waals surface area contributed by atoms with Crippen molar-refractivity contribution in [1.82, 2.24) is 9.97 Å². The van der Waals surface area contributed by atoms with E-state index in [4.69, 9.17) is 0 Å². The minimum Gasteiger partial charge on any atom is -0.351 e. The summed E-state index contributed by atoms with van der Waals surface area (Å²) in [4.78, 5) is 7.07. The van der Waals surface area contributed by atoms with Crippen LogP contribution in [0.25, 0.3) is 11.3 Å². The summed E-state index contributed by atoms with van der Waals surface area (Å²) in [6.45, 7) is 3.92. The Morgan fingerprint density at radius 2 is 2.08 bits per heavy atom. The van der Waals surface area contributed by atoms with Gasteiger partial charge < -0.3 is 4.98 Å². The lowest BCUT2D eigenvalue weighted by atomic mass is 10.1. The van der Waals surface area contributed by atoms with Crippen molar-refractivity contribution < 1.29 is 0 Å². The fourth-order valence-electron chi connectivity index (χ4n) is 1.18. The maximum Gasteiger partial charge on any atom is 0.0927 e. The number of imidazole rings is 1. The van der Waals surface area contributed by atoms with E-state index in [9.17, 15) is 0 Å². The van der Waals surface area contributed by atoms with Crippen molar-refractivity contribution in [1.29, 1.82) is 0 Å². The van der Waals surface area contributed by atoms with Crippen LogP contribution in [0.5, 0.6) is 0 Å². The first-order chi connectivity index (χ1) is 5.88. The number of aromatic amines is 1. The molecule has 1 heterocycles. The van der Waals surface area contributed by atoms with E-state index in [0.29, 0.717) is 0 Å². The highest BCUT2D eigenvalue weighted by Crippen LogP contribution is 2.19. The molecule has 2 aromatic rings. The highest BCUT2D eigenvalue weighted by Gasteiger charge is 2.00. The third-order valence-electron chi connectivity index (χ3n) is 1.79. The predicted molar refractivity (Wildman–Crippen MR) is 48.5 cm³/mol. The molecule has 0 aliphatic carbocycles. The fourth-order valence-corrected chi connectivity index (χ4v) is 1.18. The van der Waals surface area contributed by atoms with Gasteiger partial charge in [-0.1, -0.05) is 24.3 Å². The SMILES string of the molecule is [CH2]c1ccccc1-c1c[nH]cn1. The summed E-state index contributed by atoms with van der Waals surface area (Å²) in [5.41, 5.74) is 3.03. The van der Waals surface area contributed by atoms with Gasteiger partial charge in [-0.05, 0) is 12.5 Å². The fraction of sp³-hybridized carbons (Fsp3) is 0. The lowest BCUT2D eigenvalue weighted by Crippen LogP contribution is -1.80. The molecule has 2 nitrogen and oxygen atoms in total. The van der Waals surface area contributed by atoms with E-state index in [2.05, 4.69) is 16.9 Å². The van der Waals surface area contributed by atoms with Gasteiger partial charge >= 0.3 is 0 Å². The molecule has 0 aliphatic heterocycles. The summed E-state index contributed by atoms with van der Waals surface area (Å²) in [7, 11) is 0. The first-order valence-electron chi connectivity index (χ1n) is 3.78. The third-order valence-corrected chi connectivity index (χ3v) is 1.79. The molecule has 0 atom stereocenters. The molecule has 0 amide bonds. The molecule has 1 aromatic carbocycles. The quantitative estimate of drug-likeness (QED) is 0.675. The second-order valence-electron chi connectivity index (χ2n) is 2.61. The molecule has 0 saturated heterocycles. The zero-order valence-corrected chi connectivity index (χ0v) is 6.62. The molecule has 2 rings (SSSR count). The standard InChI is InChI=1S/C10H9N2/c1-8-4-2-3-5-9(8)10-6-11-7-12-10/h2-7H,1H2,(H,11,12). The largest absolute Gasteiger partial charge is 0.351 e. The molecule has 0 spiro atoms. The lowest BCUT2D eigenvalue weighted by Gasteiger charge is -1.99. The lowest BCUT2D eigenvalue weighted by molar-refractivity contribution is 1.31. The highest BCUT2D eigenvalue weighted by molar-refractivity contribution is 5.63. The van der Waals surface area contributed by atoms with Crippen LogP contribution in [0.2, 0.25) is 0 Å². The first kappa shape index (κ1) is 7.10. The van der Waals surface area contributed by atoms with Gasteiger partial charge in [0.15, 0.2) is 0 Å². The van der Waals surface area contributed by atoms with Crippen LogP contribution in [-0.4, -0.2) is 9.97 Å². The predicted octanol–water partition coefficient (Wildman–Crippen LogP) is 2.26. The van der Waals surface area contributed by atoms with Crippen LogP contribution in [0.3, 0.4) is 0 Å². The van der Waals surface area contributed by atoms with Crippen molar-refractivity contribution in [3.8, 4) is 11.3 Å². The van der Waals surface area contributed by atoms with Gasteiger partial charge in [0.2, 0.25) is 0 Å². The van der Waals surface area contributed by atoms with Crippen LogP contribution < -0.4 is 0 Å². The zero-order valence-electron chi connectivity index (χ0n) is 6.62. The second kappa shape index (κ2) is 2.81. The third kappa shape index (κ3) is 1.11. The maximum absolute atomic E-state index is 4.15. The number of nitrogens with one attached hydrogen (secondary N) is 1. The topological polar surface area (TPSA) is 28.7 Å². The van der Waals surface area contributed by atoms with E-state index in [1.54, 1.807) is 6.33 Å². The van der Waals surface area contributed by atoms with Gasteiger partial charge in [0.1, 0.15) is 0 Å².